The number of fused-ring (bicyclic) bond motifs is 1. The van der Waals surface area contributed by atoms with Crippen molar-refractivity contribution in [1.82, 2.24) is 5.32 Å². The summed E-state index contributed by atoms with van der Waals surface area (Å²) in [4.78, 5) is 35.0. The van der Waals surface area contributed by atoms with E-state index in [2.05, 4.69) is 10.6 Å². The van der Waals surface area contributed by atoms with Crippen LogP contribution < -0.4 is 10.6 Å². The molecule has 2 rings (SSSR count). The van der Waals surface area contributed by atoms with Gasteiger partial charge in [0.25, 0.3) is 5.91 Å². The van der Waals surface area contributed by atoms with Crippen molar-refractivity contribution < 1.29 is 19.1 Å². The highest BCUT2D eigenvalue weighted by Crippen LogP contribution is 2.23. The van der Waals surface area contributed by atoms with Crippen molar-refractivity contribution in [3.63, 3.8) is 0 Å². The van der Waals surface area contributed by atoms with Crippen LogP contribution in [0, 0.1) is 0 Å². The van der Waals surface area contributed by atoms with Crippen LogP contribution in [0.25, 0.3) is 0 Å². The monoisotopic (exact) mass is 318 g/mol. The first kappa shape index (κ1) is 17.0. The van der Waals surface area contributed by atoms with Crippen molar-refractivity contribution in [1.29, 1.82) is 0 Å². The molecule has 0 saturated heterocycles. The van der Waals surface area contributed by atoms with Gasteiger partial charge in [-0.2, -0.15) is 0 Å². The number of aryl methyl sites for hydroxylation is 1. The lowest BCUT2D eigenvalue weighted by Gasteiger charge is -2.17. The number of ether oxygens (including phenoxy) is 1. The Morgan fingerprint density at radius 2 is 2.13 bits per heavy atom. The summed E-state index contributed by atoms with van der Waals surface area (Å²) in [7, 11) is 0. The van der Waals surface area contributed by atoms with Gasteiger partial charge in [0, 0.05) is 18.2 Å². The number of carbonyl (C=O) groups is 3. The number of benzene rings is 1. The highest BCUT2D eigenvalue weighted by molar-refractivity contribution is 5.96. The number of nitrogens with one attached hydrogen (secondary N) is 2. The Morgan fingerprint density at radius 1 is 1.35 bits per heavy atom. The second kappa shape index (κ2) is 7.76. The quantitative estimate of drug-likeness (QED) is 0.786. The fourth-order valence-corrected chi connectivity index (χ4v) is 2.55. The van der Waals surface area contributed by atoms with Gasteiger partial charge >= 0.3 is 5.97 Å². The Hall–Kier alpha value is -2.37. The van der Waals surface area contributed by atoms with Crippen LogP contribution in [0.4, 0.5) is 5.69 Å². The maximum Gasteiger partial charge on any atom is 0.338 e. The Bertz CT molecular complexity index is 613. The van der Waals surface area contributed by atoms with E-state index in [1.807, 2.05) is 13.8 Å². The molecule has 1 unspecified atom stereocenters. The average Bonchev–Trinajstić information content (AvgIpc) is 2.52. The van der Waals surface area contributed by atoms with Crippen LogP contribution in [0.15, 0.2) is 18.2 Å². The number of hydrogen-bond acceptors (Lipinski definition) is 4. The zero-order valence-corrected chi connectivity index (χ0v) is 13.5. The molecule has 0 radical (unpaired) electrons. The van der Waals surface area contributed by atoms with Crippen LogP contribution in [-0.4, -0.2) is 30.4 Å². The highest BCUT2D eigenvalue weighted by Gasteiger charge is 2.18. The van der Waals surface area contributed by atoms with Crippen LogP contribution >= 0.6 is 0 Å². The summed E-state index contributed by atoms with van der Waals surface area (Å²) < 4.78 is 5.04. The van der Waals surface area contributed by atoms with Crippen molar-refractivity contribution in [3.05, 3.63) is 29.3 Å². The van der Waals surface area contributed by atoms with Crippen LogP contribution in [0.2, 0.25) is 0 Å². The van der Waals surface area contributed by atoms with Crippen LogP contribution in [0.3, 0.4) is 0 Å². The summed E-state index contributed by atoms with van der Waals surface area (Å²) in [5.74, 6) is -0.863. The molecule has 1 heterocycles. The Kier molecular flexibility index (Phi) is 5.73. The first-order valence-electron chi connectivity index (χ1n) is 7.89. The topological polar surface area (TPSA) is 84.5 Å². The Labute approximate surface area is 135 Å². The van der Waals surface area contributed by atoms with Crippen molar-refractivity contribution in [2.24, 2.45) is 0 Å². The molecule has 1 aliphatic rings. The van der Waals surface area contributed by atoms with E-state index < -0.39 is 5.97 Å². The van der Waals surface area contributed by atoms with Gasteiger partial charge in [0.15, 0.2) is 6.61 Å². The highest BCUT2D eigenvalue weighted by atomic mass is 16.5. The normalized spacial score (nSPS) is 14.4. The van der Waals surface area contributed by atoms with E-state index in [1.165, 1.54) is 0 Å². The van der Waals surface area contributed by atoms with Gasteiger partial charge in [-0.15, -0.1) is 0 Å². The summed E-state index contributed by atoms with van der Waals surface area (Å²) >= 11 is 0. The first-order valence-corrected chi connectivity index (χ1v) is 7.89. The van der Waals surface area contributed by atoms with Gasteiger partial charge in [0.05, 0.1) is 5.56 Å². The average molecular weight is 318 g/mol. The van der Waals surface area contributed by atoms with Crippen molar-refractivity contribution >= 4 is 23.5 Å². The third kappa shape index (κ3) is 4.81. The smallest absolute Gasteiger partial charge is 0.338 e. The van der Waals surface area contributed by atoms with Crippen LogP contribution in [-0.2, 0) is 20.7 Å². The number of esters is 1. The van der Waals surface area contributed by atoms with E-state index in [9.17, 15) is 14.4 Å². The van der Waals surface area contributed by atoms with Gasteiger partial charge in [0.2, 0.25) is 5.91 Å². The Balaban J connectivity index is 1.89. The lowest BCUT2D eigenvalue weighted by molar-refractivity contribution is -0.124. The van der Waals surface area contributed by atoms with Gasteiger partial charge in [-0.05, 0) is 43.5 Å². The van der Waals surface area contributed by atoms with Crippen LogP contribution in [0.1, 0.15) is 49.0 Å². The molecule has 1 aromatic carbocycles. The molecular formula is C17H22N2O4. The molecule has 0 fully saturated rings. The second-order valence-electron chi connectivity index (χ2n) is 5.75. The van der Waals surface area contributed by atoms with Gasteiger partial charge in [-0.1, -0.05) is 13.3 Å². The summed E-state index contributed by atoms with van der Waals surface area (Å²) in [6.45, 7) is 3.67. The maximum absolute atomic E-state index is 12.0. The molecule has 2 N–H and O–H groups in total. The molecule has 0 aliphatic carbocycles. The zero-order chi connectivity index (χ0) is 16.8. The minimum atomic E-state index is -0.539. The number of hydrogen-bond donors (Lipinski definition) is 2. The van der Waals surface area contributed by atoms with Crippen molar-refractivity contribution in [3.8, 4) is 0 Å². The predicted octanol–water partition coefficient (Wildman–Crippen LogP) is 2.03. The summed E-state index contributed by atoms with van der Waals surface area (Å²) in [5.41, 5.74) is 2.01. The van der Waals surface area contributed by atoms with Gasteiger partial charge in [-0.25, -0.2) is 4.79 Å². The molecule has 6 nitrogen and oxygen atoms in total. The Morgan fingerprint density at radius 3 is 2.87 bits per heavy atom. The molecule has 2 amide bonds. The molecule has 0 saturated carbocycles. The largest absolute Gasteiger partial charge is 0.452 e. The number of carbonyl (C=O) groups excluding carboxylic acids is 3. The standard InChI is InChI=1S/C17H22N2O4/c1-3-4-11(2)18-16(21)10-23-17(22)13-5-7-14-12(9-13)6-8-15(20)19-14/h5,7,9,11H,3-4,6,8,10H2,1-2H3,(H,18,21)(H,19,20). The molecular weight excluding hydrogens is 296 g/mol. The van der Waals surface area contributed by atoms with E-state index in [0.29, 0.717) is 18.4 Å². The molecule has 0 spiro atoms. The molecule has 6 heteroatoms. The molecule has 1 atom stereocenters. The molecule has 1 aromatic rings. The van der Waals surface area contributed by atoms with E-state index in [0.717, 1.165) is 24.1 Å². The predicted molar refractivity (Wildman–Crippen MR) is 86.2 cm³/mol. The first-order chi connectivity index (χ1) is 11.0. The number of amides is 2. The minimum Gasteiger partial charge on any atom is -0.452 e. The molecule has 23 heavy (non-hydrogen) atoms. The fraction of sp³-hybridized carbons (Fsp3) is 0.471. The lowest BCUT2D eigenvalue weighted by atomic mass is 10.0. The molecule has 0 aromatic heterocycles. The summed E-state index contributed by atoms with van der Waals surface area (Å²) in [6.07, 6.45) is 2.86. The third-order valence-corrected chi connectivity index (χ3v) is 3.70. The van der Waals surface area contributed by atoms with E-state index in [4.69, 9.17) is 4.74 Å². The lowest BCUT2D eigenvalue weighted by Crippen LogP contribution is -2.35. The van der Waals surface area contributed by atoms with Gasteiger partial charge < -0.3 is 15.4 Å². The minimum absolute atomic E-state index is 0.0225. The second-order valence-corrected chi connectivity index (χ2v) is 5.75. The zero-order valence-electron chi connectivity index (χ0n) is 13.5. The number of anilines is 1. The maximum atomic E-state index is 12.0. The summed E-state index contributed by atoms with van der Waals surface area (Å²) in [5, 5.41) is 5.53. The van der Waals surface area contributed by atoms with Gasteiger partial charge in [0.1, 0.15) is 0 Å². The van der Waals surface area contributed by atoms with Crippen LogP contribution in [0.5, 0.6) is 0 Å². The van der Waals surface area contributed by atoms with E-state index in [1.54, 1.807) is 18.2 Å². The fourth-order valence-electron chi connectivity index (χ4n) is 2.55. The number of rotatable bonds is 6. The van der Waals surface area contributed by atoms with Crippen molar-refractivity contribution in [2.45, 2.75) is 45.6 Å². The van der Waals surface area contributed by atoms with Crippen molar-refractivity contribution in [2.75, 3.05) is 11.9 Å². The van der Waals surface area contributed by atoms with Gasteiger partial charge in [-0.3, -0.25) is 9.59 Å². The van der Waals surface area contributed by atoms with E-state index >= 15 is 0 Å². The SMILES string of the molecule is CCCC(C)NC(=O)COC(=O)c1ccc2c(c1)CCC(=O)N2. The molecule has 124 valence electrons. The molecule has 0 bridgehead atoms. The molecule has 1 aliphatic heterocycles. The van der Waals surface area contributed by atoms with E-state index in [-0.39, 0.29) is 24.5 Å². The third-order valence-electron chi connectivity index (χ3n) is 3.70. The summed E-state index contributed by atoms with van der Waals surface area (Å²) in [6, 6.07) is 5.05.